The minimum absolute atomic E-state index is 0.776. The summed E-state index contributed by atoms with van der Waals surface area (Å²) in [5.74, 6) is 0. The molecule has 0 aliphatic heterocycles. The number of nitrogens with one attached hydrogen (secondary N) is 1. The third-order valence-electron chi connectivity index (χ3n) is 3.03. The fourth-order valence-electron chi connectivity index (χ4n) is 1.83. The van der Waals surface area contributed by atoms with E-state index in [1.165, 1.54) is 5.57 Å². The van der Waals surface area contributed by atoms with E-state index in [1.54, 1.807) is 6.08 Å². The second-order valence-electron chi connectivity index (χ2n) is 5.25. The molecule has 0 saturated heterocycles. The van der Waals surface area contributed by atoms with Gasteiger partial charge in [-0.3, -0.25) is 0 Å². The molecule has 1 rings (SSSR count). The van der Waals surface area contributed by atoms with E-state index in [1.807, 2.05) is 42.6 Å². The van der Waals surface area contributed by atoms with Crippen molar-refractivity contribution in [3.05, 3.63) is 84.6 Å². The molecule has 0 aromatic heterocycles. The molecule has 1 aromatic carbocycles. The van der Waals surface area contributed by atoms with Crippen molar-refractivity contribution < 1.29 is 0 Å². The molecule has 0 bridgehead atoms. The van der Waals surface area contributed by atoms with Gasteiger partial charge in [0.05, 0.1) is 0 Å². The summed E-state index contributed by atoms with van der Waals surface area (Å²) >= 11 is 0. The molecule has 0 saturated carbocycles. The molecule has 2 heteroatoms. The van der Waals surface area contributed by atoms with E-state index < -0.39 is 0 Å². The maximum atomic E-state index is 5.68. The Morgan fingerprint density at radius 1 is 1.23 bits per heavy atom. The van der Waals surface area contributed by atoms with Gasteiger partial charge in [-0.05, 0) is 55.3 Å². The van der Waals surface area contributed by atoms with Crippen LogP contribution in [0, 0.1) is 0 Å². The van der Waals surface area contributed by atoms with E-state index in [-0.39, 0.29) is 0 Å². The first kappa shape index (κ1) is 17.6. The van der Waals surface area contributed by atoms with Gasteiger partial charge in [0.1, 0.15) is 0 Å². The number of anilines is 1. The third-order valence-corrected chi connectivity index (χ3v) is 3.03. The van der Waals surface area contributed by atoms with E-state index >= 15 is 0 Å². The highest BCUT2D eigenvalue weighted by Crippen LogP contribution is 2.09. The van der Waals surface area contributed by atoms with Crippen molar-refractivity contribution in [2.75, 3.05) is 12.3 Å². The van der Waals surface area contributed by atoms with Gasteiger partial charge in [-0.15, -0.1) is 6.58 Å². The van der Waals surface area contributed by atoms with E-state index in [0.717, 1.165) is 36.2 Å². The molecular weight excluding hydrogens is 268 g/mol. The second kappa shape index (κ2) is 10.3. The molecule has 116 valence electrons. The van der Waals surface area contributed by atoms with Crippen molar-refractivity contribution in [2.24, 2.45) is 0 Å². The van der Waals surface area contributed by atoms with Gasteiger partial charge >= 0.3 is 0 Å². The van der Waals surface area contributed by atoms with Gasteiger partial charge in [0.2, 0.25) is 0 Å². The van der Waals surface area contributed by atoms with Crippen molar-refractivity contribution >= 4 is 11.8 Å². The zero-order valence-electron chi connectivity index (χ0n) is 13.4. The highest BCUT2D eigenvalue weighted by atomic mass is 14.8. The molecule has 2 nitrogen and oxygen atoms in total. The fraction of sp³-hybridized carbons (Fsp3) is 0.200. The molecule has 3 N–H and O–H groups in total. The van der Waals surface area contributed by atoms with Gasteiger partial charge in [0.15, 0.2) is 0 Å². The van der Waals surface area contributed by atoms with Crippen molar-refractivity contribution in [3.63, 3.8) is 0 Å². The molecule has 0 fully saturated rings. The molecule has 0 aliphatic rings. The smallest absolute Gasteiger partial charge is 0.0314 e. The van der Waals surface area contributed by atoms with Gasteiger partial charge in [0, 0.05) is 12.2 Å². The van der Waals surface area contributed by atoms with Crippen LogP contribution in [-0.2, 0) is 0 Å². The van der Waals surface area contributed by atoms with Crippen LogP contribution in [0.25, 0.3) is 6.08 Å². The lowest BCUT2D eigenvalue weighted by molar-refractivity contribution is 0.748. The molecule has 1 aromatic rings. The van der Waals surface area contributed by atoms with Crippen LogP contribution in [0.4, 0.5) is 5.69 Å². The van der Waals surface area contributed by atoms with E-state index in [9.17, 15) is 0 Å². The van der Waals surface area contributed by atoms with E-state index in [0.29, 0.717) is 0 Å². The molecular formula is C20H26N2. The Bertz CT molecular complexity index is 560. The zero-order valence-corrected chi connectivity index (χ0v) is 13.4. The topological polar surface area (TPSA) is 38.0 Å². The summed E-state index contributed by atoms with van der Waals surface area (Å²) in [5.41, 5.74) is 9.88. The number of nitrogens with two attached hydrogens (primary N) is 1. The molecule has 0 spiro atoms. The Morgan fingerprint density at radius 3 is 2.59 bits per heavy atom. The molecule has 0 radical (unpaired) electrons. The van der Waals surface area contributed by atoms with E-state index in [2.05, 4.69) is 37.6 Å². The van der Waals surface area contributed by atoms with Crippen molar-refractivity contribution in [2.45, 2.75) is 19.8 Å². The number of allylic oxidation sites excluding steroid dienone is 6. The minimum atomic E-state index is 0.776. The molecule has 0 amide bonds. The van der Waals surface area contributed by atoms with Gasteiger partial charge in [-0.25, -0.2) is 0 Å². The third kappa shape index (κ3) is 7.95. The first-order chi connectivity index (χ1) is 10.6. The highest BCUT2D eigenvalue weighted by molar-refractivity contribution is 5.57. The summed E-state index contributed by atoms with van der Waals surface area (Å²) < 4.78 is 0. The maximum absolute atomic E-state index is 5.68. The molecule has 0 aliphatic carbocycles. The fourth-order valence-corrected chi connectivity index (χ4v) is 1.83. The van der Waals surface area contributed by atoms with Crippen LogP contribution >= 0.6 is 0 Å². The average Bonchev–Trinajstić information content (AvgIpc) is 2.49. The van der Waals surface area contributed by atoms with Crippen LogP contribution in [0.1, 0.15) is 25.3 Å². The molecule has 0 unspecified atom stereocenters. The molecule has 22 heavy (non-hydrogen) atoms. The number of benzene rings is 1. The first-order valence-electron chi connectivity index (χ1n) is 7.52. The Kier molecular flexibility index (Phi) is 8.21. The van der Waals surface area contributed by atoms with Crippen LogP contribution in [0.15, 0.2) is 79.1 Å². The SMILES string of the molecule is C=C/C=C(\C=C/NCCCC(=C)C)/C=C/c1ccc(N)cc1. The van der Waals surface area contributed by atoms with Crippen LogP contribution < -0.4 is 11.1 Å². The average molecular weight is 294 g/mol. The minimum Gasteiger partial charge on any atom is -0.399 e. The van der Waals surface area contributed by atoms with Crippen LogP contribution in [0.5, 0.6) is 0 Å². The van der Waals surface area contributed by atoms with Gasteiger partial charge in [-0.1, -0.05) is 48.6 Å². The molecule has 0 heterocycles. The number of hydrogen-bond acceptors (Lipinski definition) is 2. The number of rotatable bonds is 9. The summed E-state index contributed by atoms with van der Waals surface area (Å²) in [7, 11) is 0. The number of nitrogen functional groups attached to an aromatic ring is 1. The van der Waals surface area contributed by atoms with Gasteiger partial charge in [0.25, 0.3) is 0 Å². The standard InChI is InChI=1S/C20H26N2/c1-4-6-18(14-16-22-15-5-7-17(2)3)8-9-19-10-12-20(21)13-11-19/h4,6,8-14,16,22H,1-2,5,7,15,21H2,3H3/b9-8+,16-14-,18-6-. The lowest BCUT2D eigenvalue weighted by Crippen LogP contribution is -2.06. The largest absolute Gasteiger partial charge is 0.399 e. The summed E-state index contributed by atoms with van der Waals surface area (Å²) in [6.45, 7) is 10.7. The van der Waals surface area contributed by atoms with Crippen LogP contribution in [0.2, 0.25) is 0 Å². The van der Waals surface area contributed by atoms with Crippen LogP contribution in [0.3, 0.4) is 0 Å². The molecule has 0 atom stereocenters. The maximum Gasteiger partial charge on any atom is 0.0314 e. The Labute approximate surface area is 134 Å². The second-order valence-corrected chi connectivity index (χ2v) is 5.25. The van der Waals surface area contributed by atoms with Gasteiger partial charge < -0.3 is 11.1 Å². The monoisotopic (exact) mass is 294 g/mol. The Morgan fingerprint density at radius 2 is 1.95 bits per heavy atom. The Balaban J connectivity index is 2.51. The summed E-state index contributed by atoms with van der Waals surface area (Å²) in [6, 6.07) is 7.79. The lowest BCUT2D eigenvalue weighted by atomic mass is 10.1. The lowest BCUT2D eigenvalue weighted by Gasteiger charge is -2.01. The number of hydrogen-bond donors (Lipinski definition) is 2. The quantitative estimate of drug-likeness (QED) is 0.295. The van der Waals surface area contributed by atoms with Gasteiger partial charge in [-0.2, -0.15) is 0 Å². The van der Waals surface area contributed by atoms with E-state index in [4.69, 9.17) is 5.73 Å². The first-order valence-corrected chi connectivity index (χ1v) is 7.52. The predicted octanol–water partition coefficient (Wildman–Crippen LogP) is 4.85. The normalized spacial score (nSPS) is 12.0. The summed E-state index contributed by atoms with van der Waals surface area (Å²) in [5, 5.41) is 3.29. The van der Waals surface area contributed by atoms with Crippen LogP contribution in [-0.4, -0.2) is 6.54 Å². The van der Waals surface area contributed by atoms with Crippen molar-refractivity contribution in [1.29, 1.82) is 0 Å². The zero-order chi connectivity index (χ0) is 16.2. The summed E-state index contributed by atoms with van der Waals surface area (Å²) in [6.07, 6.45) is 14.0. The predicted molar refractivity (Wildman–Crippen MR) is 99.4 cm³/mol. The highest BCUT2D eigenvalue weighted by Gasteiger charge is 1.89. The Hall–Kier alpha value is -2.48. The van der Waals surface area contributed by atoms with Crippen molar-refractivity contribution in [1.82, 2.24) is 5.32 Å². The van der Waals surface area contributed by atoms with Crippen molar-refractivity contribution in [3.8, 4) is 0 Å². The summed E-state index contributed by atoms with van der Waals surface area (Å²) in [4.78, 5) is 0.